The molecule has 2 N–H and O–H groups in total. The Labute approximate surface area is 161 Å². The van der Waals surface area contributed by atoms with Gasteiger partial charge in [0.15, 0.2) is 11.2 Å². The Morgan fingerprint density at radius 2 is 1.72 bits per heavy atom. The fraction of sp³-hybridized carbons (Fsp3) is 0.0526. The van der Waals surface area contributed by atoms with Gasteiger partial charge in [-0.2, -0.15) is 9.97 Å². The average molecular weight is 393 g/mol. The Morgan fingerprint density at radius 3 is 2.45 bits per heavy atom. The number of hydrogen-bond acceptors (Lipinski definition) is 8. The first-order valence-electron chi connectivity index (χ1n) is 8.54. The molecule has 3 heterocycles. The van der Waals surface area contributed by atoms with E-state index in [0.717, 1.165) is 5.56 Å². The number of amides is 1. The second-order valence-corrected chi connectivity index (χ2v) is 6.22. The first-order chi connectivity index (χ1) is 14.1. The van der Waals surface area contributed by atoms with Crippen LogP contribution in [-0.4, -0.2) is 21.0 Å². The maximum absolute atomic E-state index is 13.3. The van der Waals surface area contributed by atoms with E-state index in [4.69, 9.17) is 8.83 Å². The fourth-order valence-corrected chi connectivity index (χ4v) is 2.84. The van der Waals surface area contributed by atoms with Gasteiger partial charge < -0.3 is 18.7 Å². The highest BCUT2D eigenvalue weighted by molar-refractivity contribution is 5.92. The van der Waals surface area contributed by atoms with E-state index in [1.54, 1.807) is 18.2 Å². The second-order valence-electron chi connectivity index (χ2n) is 6.22. The first-order valence-corrected chi connectivity index (χ1v) is 8.54. The lowest BCUT2D eigenvalue weighted by molar-refractivity contribution is -0.115. The van der Waals surface area contributed by atoms with Gasteiger partial charge >= 0.3 is 12.0 Å². The Morgan fingerprint density at radius 1 is 1.00 bits per heavy atom. The minimum Gasteiger partial charge on any atom is -0.423 e. The van der Waals surface area contributed by atoms with Gasteiger partial charge in [-0.1, -0.05) is 11.2 Å². The summed E-state index contributed by atoms with van der Waals surface area (Å²) in [5.41, 5.74) is 3.14. The van der Waals surface area contributed by atoms with Crippen LogP contribution < -0.4 is 10.6 Å². The van der Waals surface area contributed by atoms with Gasteiger partial charge in [0.1, 0.15) is 28.8 Å². The minimum atomic E-state index is -0.403. The average Bonchev–Trinajstić information content (AvgIpc) is 3.40. The summed E-state index contributed by atoms with van der Waals surface area (Å²) in [5.74, 6) is -0.618. The minimum absolute atomic E-state index is 0.130. The lowest BCUT2D eigenvalue weighted by atomic mass is 10.1. The third kappa shape index (κ3) is 3.50. The molecule has 144 valence electrons. The number of nitrogens with zero attached hydrogens (tertiary/aromatic N) is 3. The van der Waals surface area contributed by atoms with Crippen LogP contribution in [0.1, 0.15) is 5.56 Å². The highest BCUT2D eigenvalue weighted by Crippen LogP contribution is 2.25. The molecule has 0 radical (unpaired) electrons. The number of carbonyl (C=O) groups is 1. The molecule has 0 aliphatic heterocycles. The molecule has 0 saturated heterocycles. The molecular weight excluding hydrogens is 381 g/mol. The number of halogens is 1. The number of anilines is 3. The van der Waals surface area contributed by atoms with E-state index in [0.29, 0.717) is 27.9 Å². The van der Waals surface area contributed by atoms with Crippen molar-refractivity contribution in [1.29, 1.82) is 0 Å². The Balaban J connectivity index is 1.33. The Bertz CT molecular complexity index is 1330. The van der Waals surface area contributed by atoms with Gasteiger partial charge in [-0.25, -0.2) is 4.39 Å². The van der Waals surface area contributed by atoms with Crippen LogP contribution in [0.25, 0.3) is 22.2 Å². The van der Waals surface area contributed by atoms with E-state index in [-0.39, 0.29) is 24.4 Å². The normalized spacial score (nSPS) is 11.2. The van der Waals surface area contributed by atoms with E-state index >= 15 is 0 Å². The smallest absolute Gasteiger partial charge is 0.303 e. The summed E-state index contributed by atoms with van der Waals surface area (Å²) < 4.78 is 29.1. The molecule has 2 aromatic carbocycles. The lowest BCUT2D eigenvalue weighted by Gasteiger charge is -2.01. The van der Waals surface area contributed by atoms with Gasteiger partial charge in [-0.3, -0.25) is 10.1 Å². The number of oxazole rings is 2. The lowest BCUT2D eigenvalue weighted by Crippen LogP contribution is -2.13. The molecule has 0 saturated carbocycles. The van der Waals surface area contributed by atoms with E-state index in [9.17, 15) is 9.18 Å². The zero-order valence-corrected chi connectivity index (χ0v) is 14.7. The Kier molecular flexibility index (Phi) is 3.94. The van der Waals surface area contributed by atoms with Crippen LogP contribution in [0.15, 0.2) is 62.2 Å². The molecule has 0 unspecified atom stereocenters. The molecule has 5 aromatic rings. The van der Waals surface area contributed by atoms with Crippen molar-refractivity contribution in [2.75, 3.05) is 10.6 Å². The summed E-state index contributed by atoms with van der Waals surface area (Å²) in [6.07, 6.45) is 2.90. The molecule has 0 bridgehead atoms. The summed E-state index contributed by atoms with van der Waals surface area (Å²) >= 11 is 0. The van der Waals surface area contributed by atoms with Crippen molar-refractivity contribution in [3.63, 3.8) is 0 Å². The number of fused-ring (bicyclic) bond motifs is 2. The number of nitrogens with one attached hydrogen (secondary N) is 2. The zero-order chi connectivity index (χ0) is 19.8. The van der Waals surface area contributed by atoms with Crippen LogP contribution in [0.2, 0.25) is 0 Å². The summed E-state index contributed by atoms with van der Waals surface area (Å²) in [6.45, 7) is 0. The van der Waals surface area contributed by atoms with Crippen LogP contribution in [0.4, 0.5) is 22.1 Å². The number of carbonyl (C=O) groups excluding carboxylic acids is 1. The molecule has 5 rings (SSSR count). The summed E-state index contributed by atoms with van der Waals surface area (Å²) in [6, 6.07) is 9.59. The van der Waals surface area contributed by atoms with E-state index in [1.165, 1.54) is 30.7 Å². The summed E-state index contributed by atoms with van der Waals surface area (Å²) in [5, 5.41) is 9.02. The SMILES string of the molecule is O=C(Cc1ccc2oc(Nc3nc4cc(F)ccc4o3)nc2c1)Nc1cnoc1. The number of aromatic nitrogens is 3. The molecule has 0 fully saturated rings. The third-order valence-corrected chi connectivity index (χ3v) is 4.10. The highest BCUT2D eigenvalue weighted by atomic mass is 19.1. The van der Waals surface area contributed by atoms with Crippen molar-refractivity contribution in [1.82, 2.24) is 15.1 Å². The topological polar surface area (TPSA) is 119 Å². The molecule has 9 nitrogen and oxygen atoms in total. The fourth-order valence-electron chi connectivity index (χ4n) is 2.84. The van der Waals surface area contributed by atoms with Crippen LogP contribution in [-0.2, 0) is 11.2 Å². The monoisotopic (exact) mass is 393 g/mol. The Hall–Kier alpha value is -4.21. The number of benzene rings is 2. The van der Waals surface area contributed by atoms with Crippen molar-refractivity contribution in [2.24, 2.45) is 0 Å². The van der Waals surface area contributed by atoms with Crippen LogP contribution in [0, 0.1) is 5.82 Å². The summed E-state index contributed by atoms with van der Waals surface area (Å²) in [4.78, 5) is 20.6. The van der Waals surface area contributed by atoms with Crippen molar-refractivity contribution >= 4 is 45.8 Å². The standard InChI is InChI=1S/C19H12FN5O4/c20-11-2-4-16-14(7-11)24-19(29-16)25-18-23-13-5-10(1-3-15(13)28-18)6-17(26)22-12-8-21-27-9-12/h1-5,7-9H,6H2,(H,22,26)(H,23,24,25). The van der Waals surface area contributed by atoms with Gasteiger partial charge in [0.2, 0.25) is 5.91 Å². The predicted molar refractivity (Wildman–Crippen MR) is 100 cm³/mol. The maximum Gasteiger partial charge on any atom is 0.303 e. The maximum atomic E-state index is 13.3. The molecule has 0 spiro atoms. The quantitative estimate of drug-likeness (QED) is 0.459. The van der Waals surface area contributed by atoms with Crippen molar-refractivity contribution in [2.45, 2.75) is 6.42 Å². The molecule has 29 heavy (non-hydrogen) atoms. The summed E-state index contributed by atoms with van der Waals surface area (Å²) in [7, 11) is 0. The van der Waals surface area contributed by atoms with Crippen molar-refractivity contribution in [3.8, 4) is 0 Å². The molecule has 1 amide bonds. The number of rotatable bonds is 5. The van der Waals surface area contributed by atoms with E-state index in [2.05, 4.69) is 30.3 Å². The second kappa shape index (κ2) is 6.75. The molecular formula is C19H12FN5O4. The molecule has 10 heteroatoms. The molecule has 0 aliphatic carbocycles. The van der Waals surface area contributed by atoms with Gasteiger partial charge in [0.25, 0.3) is 0 Å². The molecule has 0 atom stereocenters. The van der Waals surface area contributed by atoms with Crippen LogP contribution in [0.5, 0.6) is 0 Å². The first kappa shape index (κ1) is 16.9. The van der Waals surface area contributed by atoms with E-state index < -0.39 is 5.82 Å². The number of hydrogen-bond donors (Lipinski definition) is 2. The van der Waals surface area contributed by atoms with Crippen LogP contribution in [0.3, 0.4) is 0 Å². The van der Waals surface area contributed by atoms with Gasteiger partial charge in [0.05, 0.1) is 12.6 Å². The largest absolute Gasteiger partial charge is 0.423 e. The van der Waals surface area contributed by atoms with Gasteiger partial charge in [0, 0.05) is 6.07 Å². The molecule has 0 aliphatic rings. The van der Waals surface area contributed by atoms with E-state index in [1.807, 2.05) is 0 Å². The highest BCUT2D eigenvalue weighted by Gasteiger charge is 2.13. The van der Waals surface area contributed by atoms with Gasteiger partial charge in [-0.05, 0) is 29.8 Å². The van der Waals surface area contributed by atoms with Crippen molar-refractivity contribution < 1.29 is 22.5 Å². The van der Waals surface area contributed by atoms with Gasteiger partial charge in [-0.15, -0.1) is 0 Å². The molecule has 3 aromatic heterocycles. The van der Waals surface area contributed by atoms with Crippen LogP contribution >= 0.6 is 0 Å². The predicted octanol–water partition coefficient (Wildman–Crippen LogP) is 4.02. The third-order valence-electron chi connectivity index (χ3n) is 4.10. The van der Waals surface area contributed by atoms with Crippen molar-refractivity contribution in [3.05, 3.63) is 60.2 Å². The zero-order valence-electron chi connectivity index (χ0n) is 14.7.